The van der Waals surface area contributed by atoms with Gasteiger partial charge in [-0.3, -0.25) is 0 Å². The van der Waals surface area contributed by atoms with Crippen LogP contribution in [0.25, 0.3) is 0 Å². The van der Waals surface area contributed by atoms with Crippen LogP contribution >= 0.6 is 0 Å². The van der Waals surface area contributed by atoms with E-state index in [9.17, 15) is 8.42 Å². The van der Waals surface area contributed by atoms with Crippen LogP contribution in [-0.2, 0) is 16.6 Å². The van der Waals surface area contributed by atoms with Crippen molar-refractivity contribution in [1.82, 2.24) is 9.03 Å². The highest BCUT2D eigenvalue weighted by Gasteiger charge is 2.27. The molecule has 0 spiro atoms. The standard InChI is InChI=1S/C16H26N2O2S/c1-14-7-6-12-18(13-14)21(19,20)17-15(2)10-11-16-8-4-3-5-9-16/h3-5,8-9,14-15,17H,6-7,10-13H2,1-2H3/t14-,15-/m0/s1. The van der Waals surface area contributed by atoms with Gasteiger partial charge in [0.05, 0.1) is 0 Å². The van der Waals surface area contributed by atoms with Gasteiger partial charge in [-0.15, -0.1) is 0 Å². The molecule has 2 atom stereocenters. The third-order valence-corrected chi connectivity index (χ3v) is 5.73. The summed E-state index contributed by atoms with van der Waals surface area (Å²) in [6, 6.07) is 10.1. The number of rotatable bonds is 6. The Hall–Kier alpha value is -0.910. The van der Waals surface area contributed by atoms with E-state index in [2.05, 4.69) is 23.8 Å². The van der Waals surface area contributed by atoms with Crippen molar-refractivity contribution in [3.63, 3.8) is 0 Å². The highest BCUT2D eigenvalue weighted by atomic mass is 32.2. The van der Waals surface area contributed by atoms with Crippen molar-refractivity contribution >= 4 is 10.2 Å². The second-order valence-corrected chi connectivity index (χ2v) is 7.86. The van der Waals surface area contributed by atoms with Crippen molar-refractivity contribution in [3.8, 4) is 0 Å². The smallest absolute Gasteiger partial charge is 0.199 e. The molecule has 1 aliphatic rings. The van der Waals surface area contributed by atoms with Crippen LogP contribution in [0.2, 0.25) is 0 Å². The maximum absolute atomic E-state index is 12.4. The van der Waals surface area contributed by atoms with Crippen molar-refractivity contribution in [1.29, 1.82) is 0 Å². The van der Waals surface area contributed by atoms with E-state index in [0.29, 0.717) is 19.0 Å². The zero-order valence-corrected chi connectivity index (χ0v) is 13.8. The molecular weight excluding hydrogens is 284 g/mol. The van der Waals surface area contributed by atoms with Crippen molar-refractivity contribution in [2.45, 2.75) is 45.6 Å². The molecule has 2 rings (SSSR count). The molecule has 0 saturated carbocycles. The van der Waals surface area contributed by atoms with Gasteiger partial charge in [0.25, 0.3) is 10.2 Å². The van der Waals surface area contributed by atoms with Gasteiger partial charge in [-0.2, -0.15) is 17.4 Å². The number of hydrogen-bond donors (Lipinski definition) is 1. The summed E-state index contributed by atoms with van der Waals surface area (Å²) in [6.07, 6.45) is 3.78. The minimum atomic E-state index is -3.34. The van der Waals surface area contributed by atoms with Crippen LogP contribution in [0.15, 0.2) is 30.3 Å². The van der Waals surface area contributed by atoms with Crippen LogP contribution < -0.4 is 4.72 Å². The third kappa shape index (κ3) is 5.09. The normalized spacial score (nSPS) is 22.1. The van der Waals surface area contributed by atoms with Crippen LogP contribution in [-0.4, -0.2) is 31.9 Å². The first-order chi connectivity index (χ1) is 9.97. The summed E-state index contributed by atoms with van der Waals surface area (Å²) in [5, 5.41) is 0. The molecule has 1 fully saturated rings. The van der Waals surface area contributed by atoms with Crippen LogP contribution in [0, 0.1) is 5.92 Å². The van der Waals surface area contributed by atoms with Crippen LogP contribution in [0.4, 0.5) is 0 Å². The number of aryl methyl sites for hydroxylation is 1. The highest BCUT2D eigenvalue weighted by Crippen LogP contribution is 2.18. The van der Waals surface area contributed by atoms with E-state index in [1.165, 1.54) is 5.56 Å². The molecule has 0 aliphatic carbocycles. The lowest BCUT2D eigenvalue weighted by molar-refractivity contribution is 0.276. The molecule has 1 aliphatic heterocycles. The van der Waals surface area contributed by atoms with Crippen LogP contribution in [0.1, 0.15) is 38.7 Å². The second-order valence-electron chi connectivity index (χ2n) is 6.15. The van der Waals surface area contributed by atoms with Gasteiger partial charge in [-0.05, 0) is 44.1 Å². The summed E-state index contributed by atoms with van der Waals surface area (Å²) in [7, 11) is -3.34. The maximum atomic E-state index is 12.4. The molecule has 1 aromatic carbocycles. The Morgan fingerprint density at radius 3 is 2.71 bits per heavy atom. The van der Waals surface area contributed by atoms with Gasteiger partial charge in [-0.25, -0.2) is 0 Å². The molecule has 1 N–H and O–H groups in total. The Labute approximate surface area is 128 Å². The monoisotopic (exact) mass is 310 g/mol. The number of nitrogens with zero attached hydrogens (tertiary/aromatic N) is 1. The van der Waals surface area contributed by atoms with Gasteiger partial charge < -0.3 is 0 Å². The summed E-state index contributed by atoms with van der Waals surface area (Å²) in [5.41, 5.74) is 1.25. The zero-order valence-electron chi connectivity index (χ0n) is 13.0. The second kappa shape index (κ2) is 7.38. The van der Waals surface area contributed by atoms with Gasteiger partial charge in [0, 0.05) is 19.1 Å². The van der Waals surface area contributed by atoms with E-state index in [1.54, 1.807) is 4.31 Å². The van der Waals surface area contributed by atoms with E-state index >= 15 is 0 Å². The quantitative estimate of drug-likeness (QED) is 0.878. The Balaban J connectivity index is 1.84. The summed E-state index contributed by atoms with van der Waals surface area (Å²) in [5.74, 6) is 0.454. The molecule has 0 radical (unpaired) electrons. The van der Waals surface area contributed by atoms with E-state index in [-0.39, 0.29) is 6.04 Å². The lowest BCUT2D eigenvalue weighted by Gasteiger charge is -2.31. The van der Waals surface area contributed by atoms with Gasteiger partial charge in [0.2, 0.25) is 0 Å². The Kier molecular flexibility index (Phi) is 5.79. The molecule has 1 heterocycles. The molecule has 1 aromatic rings. The van der Waals surface area contributed by atoms with E-state index in [4.69, 9.17) is 0 Å². The van der Waals surface area contributed by atoms with Crippen molar-refractivity contribution in [2.24, 2.45) is 5.92 Å². The van der Waals surface area contributed by atoms with Gasteiger partial charge in [0.1, 0.15) is 0 Å². The molecule has 0 unspecified atom stereocenters. The molecule has 0 amide bonds. The summed E-state index contributed by atoms with van der Waals surface area (Å²) in [6.45, 7) is 5.33. The Morgan fingerprint density at radius 1 is 1.33 bits per heavy atom. The predicted octanol–water partition coefficient (Wildman–Crippen LogP) is 2.57. The fourth-order valence-electron chi connectivity index (χ4n) is 2.78. The van der Waals surface area contributed by atoms with Crippen molar-refractivity contribution in [3.05, 3.63) is 35.9 Å². The number of piperidine rings is 1. The average Bonchev–Trinajstić information content (AvgIpc) is 2.46. The van der Waals surface area contributed by atoms with E-state index in [0.717, 1.165) is 25.7 Å². The molecule has 118 valence electrons. The highest BCUT2D eigenvalue weighted by molar-refractivity contribution is 7.87. The molecular formula is C16H26N2O2S. The minimum absolute atomic E-state index is 0.0487. The largest absolute Gasteiger partial charge is 0.279 e. The van der Waals surface area contributed by atoms with Gasteiger partial charge >= 0.3 is 0 Å². The maximum Gasteiger partial charge on any atom is 0.279 e. The first-order valence-electron chi connectivity index (χ1n) is 7.78. The van der Waals surface area contributed by atoms with E-state index < -0.39 is 10.2 Å². The van der Waals surface area contributed by atoms with E-state index in [1.807, 2.05) is 25.1 Å². The first kappa shape index (κ1) is 16.5. The fourth-order valence-corrected chi connectivity index (χ4v) is 4.38. The molecule has 0 aromatic heterocycles. The summed E-state index contributed by atoms with van der Waals surface area (Å²) in [4.78, 5) is 0. The Morgan fingerprint density at radius 2 is 2.05 bits per heavy atom. The van der Waals surface area contributed by atoms with Crippen molar-refractivity contribution in [2.75, 3.05) is 13.1 Å². The molecule has 4 nitrogen and oxygen atoms in total. The Bertz CT molecular complexity index is 530. The summed E-state index contributed by atoms with van der Waals surface area (Å²) >= 11 is 0. The molecule has 1 saturated heterocycles. The topological polar surface area (TPSA) is 49.4 Å². The number of benzene rings is 1. The number of hydrogen-bond acceptors (Lipinski definition) is 2. The minimum Gasteiger partial charge on any atom is -0.199 e. The average molecular weight is 310 g/mol. The molecule has 21 heavy (non-hydrogen) atoms. The lowest BCUT2D eigenvalue weighted by atomic mass is 10.0. The summed E-state index contributed by atoms with van der Waals surface area (Å²) < 4.78 is 29.1. The predicted molar refractivity (Wildman–Crippen MR) is 86.3 cm³/mol. The van der Waals surface area contributed by atoms with Gasteiger partial charge in [-0.1, -0.05) is 37.3 Å². The van der Waals surface area contributed by atoms with Gasteiger partial charge in [0.15, 0.2) is 0 Å². The first-order valence-corrected chi connectivity index (χ1v) is 9.22. The van der Waals surface area contributed by atoms with Crippen molar-refractivity contribution < 1.29 is 8.42 Å². The SMILES string of the molecule is C[C@H]1CCCN(S(=O)(=O)N[C@@H](C)CCc2ccccc2)C1. The number of nitrogens with one attached hydrogen (secondary N) is 1. The van der Waals surface area contributed by atoms with Crippen LogP contribution in [0.3, 0.4) is 0 Å². The van der Waals surface area contributed by atoms with Crippen LogP contribution in [0.5, 0.6) is 0 Å². The third-order valence-electron chi connectivity index (χ3n) is 4.02. The molecule has 5 heteroatoms. The fraction of sp³-hybridized carbons (Fsp3) is 0.625. The molecule has 0 bridgehead atoms. The zero-order chi connectivity index (χ0) is 15.3. The lowest BCUT2D eigenvalue weighted by Crippen LogP contribution is -2.48.